The van der Waals surface area contributed by atoms with Crippen molar-refractivity contribution in [3.63, 3.8) is 0 Å². The average molecular weight is 782 g/mol. The fraction of sp³-hybridized carbons (Fsp3) is 0.386. The lowest BCUT2D eigenvalue weighted by Crippen LogP contribution is -2.48. The van der Waals surface area contributed by atoms with E-state index in [0.29, 0.717) is 5.82 Å². The Morgan fingerprint density at radius 1 is 0.724 bits per heavy atom. The van der Waals surface area contributed by atoms with Gasteiger partial charge in [0.15, 0.2) is 5.65 Å². The number of aromatic nitrogens is 6. The molecule has 3 aliphatic heterocycles. The van der Waals surface area contributed by atoms with Gasteiger partial charge in [0.05, 0.1) is 17.1 Å². The van der Waals surface area contributed by atoms with E-state index < -0.39 is 11.2 Å². The summed E-state index contributed by atoms with van der Waals surface area (Å²) in [6.07, 6.45) is 7.56. The largest absolute Gasteiger partial charge is 0.457 e. The third-order valence-electron chi connectivity index (χ3n) is 12.1. The molecule has 0 saturated carbocycles. The number of hydrogen-bond acceptors (Lipinski definition) is 11. The highest BCUT2D eigenvalue weighted by Crippen LogP contribution is 2.35. The van der Waals surface area contributed by atoms with Gasteiger partial charge in [-0.2, -0.15) is 5.10 Å². The van der Waals surface area contributed by atoms with Crippen molar-refractivity contribution in [3.05, 3.63) is 118 Å². The van der Waals surface area contributed by atoms with Crippen molar-refractivity contribution in [2.75, 3.05) is 82.6 Å². The van der Waals surface area contributed by atoms with E-state index >= 15 is 0 Å². The van der Waals surface area contributed by atoms with Gasteiger partial charge in [0.2, 0.25) is 0 Å². The number of rotatable bonds is 12. The second-order valence-corrected chi connectivity index (χ2v) is 15.9. The van der Waals surface area contributed by atoms with Gasteiger partial charge in [-0.15, -0.1) is 0 Å². The van der Waals surface area contributed by atoms with Crippen LogP contribution in [0.2, 0.25) is 0 Å². The second kappa shape index (κ2) is 16.9. The lowest BCUT2D eigenvalue weighted by molar-refractivity contribution is 0.171. The molecule has 0 radical (unpaired) electrons. The smallest absolute Gasteiger partial charge is 0.332 e. The van der Waals surface area contributed by atoms with E-state index in [1.54, 1.807) is 6.33 Å². The predicted molar refractivity (Wildman–Crippen MR) is 227 cm³/mol. The van der Waals surface area contributed by atoms with Crippen LogP contribution in [0.5, 0.6) is 11.5 Å². The molecular weight excluding hydrogens is 731 g/mol. The number of nitrogens with two attached hydrogens (primary N) is 1. The van der Waals surface area contributed by atoms with Crippen LogP contribution in [0.1, 0.15) is 31.7 Å². The molecule has 0 aliphatic carbocycles. The SMILES string of the molecule is Nc1ncnc2c1c(-c1ccc(Oc3ccccc3)cc1)nn2C1CCN(CCCN2CCC(CN3CCN(c4ccc(-n5ccc(=O)[nH]c5=O)cc4)CC3)C2)CC1. The van der Waals surface area contributed by atoms with Gasteiger partial charge in [-0.25, -0.2) is 19.4 Å². The fourth-order valence-electron chi connectivity index (χ4n) is 8.93. The number of piperidine rings is 1. The van der Waals surface area contributed by atoms with Gasteiger partial charge in [-0.1, -0.05) is 18.2 Å². The fourth-order valence-corrected chi connectivity index (χ4v) is 8.93. The zero-order chi connectivity index (χ0) is 39.4. The Morgan fingerprint density at radius 3 is 2.19 bits per heavy atom. The van der Waals surface area contributed by atoms with E-state index in [4.69, 9.17) is 15.6 Å². The number of aromatic amines is 1. The van der Waals surface area contributed by atoms with Crippen LogP contribution >= 0.6 is 0 Å². The molecule has 6 heterocycles. The molecular formula is C44H51N11O3. The monoisotopic (exact) mass is 781 g/mol. The number of hydrogen-bond donors (Lipinski definition) is 2. The first kappa shape index (κ1) is 37.7. The summed E-state index contributed by atoms with van der Waals surface area (Å²) in [5.74, 6) is 2.73. The van der Waals surface area contributed by atoms with E-state index in [0.717, 1.165) is 116 Å². The Kier molecular flexibility index (Phi) is 11.0. The van der Waals surface area contributed by atoms with Crippen LogP contribution in [-0.2, 0) is 0 Å². The maximum atomic E-state index is 12.2. The van der Waals surface area contributed by atoms with Crippen LogP contribution in [0, 0.1) is 5.92 Å². The van der Waals surface area contributed by atoms with Crippen molar-refractivity contribution < 1.29 is 4.74 Å². The standard InChI is InChI=1S/C44H51N11O3/c45-42-40-41(33-7-13-38(14-8-33)58-37-5-2-1-3-6-37)49-55(43(40)47-31-46-42)36-16-22-50(23-17-36)19-4-20-51-21-15-32(29-51)30-52-25-27-53(28-26-52)34-9-11-35(12-10-34)54-24-18-39(56)48-44(54)57/h1-3,5-14,18,24,31-32,36H,4,15-17,19-23,25-30H2,(H2,45,46,47)(H,48,56,57). The number of nitrogens with zero attached hydrogens (tertiary/aromatic N) is 9. The number of nitrogens with one attached hydrogen (secondary N) is 1. The summed E-state index contributed by atoms with van der Waals surface area (Å²) >= 11 is 0. The van der Waals surface area contributed by atoms with Gasteiger partial charge >= 0.3 is 5.69 Å². The van der Waals surface area contributed by atoms with Crippen LogP contribution in [0.25, 0.3) is 28.0 Å². The van der Waals surface area contributed by atoms with E-state index in [1.807, 2.05) is 66.7 Å². The van der Waals surface area contributed by atoms with Gasteiger partial charge in [0.25, 0.3) is 5.56 Å². The highest BCUT2D eigenvalue weighted by atomic mass is 16.5. The topological polar surface area (TPSA) is 147 Å². The number of fused-ring (bicyclic) bond motifs is 1. The maximum Gasteiger partial charge on any atom is 0.332 e. The van der Waals surface area contributed by atoms with Gasteiger partial charge < -0.3 is 25.2 Å². The molecule has 300 valence electrons. The molecule has 3 saturated heterocycles. The Hall–Kier alpha value is -5.83. The molecule has 1 atom stereocenters. The molecule has 3 aliphatic rings. The predicted octanol–water partition coefficient (Wildman–Crippen LogP) is 4.88. The zero-order valence-electron chi connectivity index (χ0n) is 32.8. The van der Waals surface area contributed by atoms with Crippen LogP contribution in [0.15, 0.2) is 107 Å². The van der Waals surface area contributed by atoms with E-state index in [-0.39, 0.29) is 6.04 Å². The zero-order valence-corrected chi connectivity index (χ0v) is 32.8. The molecule has 0 spiro atoms. The number of para-hydroxylation sites is 1. The minimum absolute atomic E-state index is 0.255. The summed E-state index contributed by atoms with van der Waals surface area (Å²) in [6, 6.07) is 27.4. The molecule has 3 fully saturated rings. The first-order valence-corrected chi connectivity index (χ1v) is 20.6. The Labute approximate surface area is 337 Å². The number of nitrogen functional groups attached to an aromatic ring is 1. The third kappa shape index (κ3) is 8.40. The molecule has 3 aromatic heterocycles. The first-order valence-electron chi connectivity index (χ1n) is 20.6. The number of benzene rings is 3. The van der Waals surface area contributed by atoms with Crippen molar-refractivity contribution >= 4 is 22.5 Å². The summed E-state index contributed by atoms with van der Waals surface area (Å²) in [4.78, 5) is 45.2. The second-order valence-electron chi connectivity index (χ2n) is 15.9. The first-order chi connectivity index (χ1) is 28.4. The third-order valence-corrected chi connectivity index (χ3v) is 12.1. The van der Waals surface area contributed by atoms with E-state index in [1.165, 1.54) is 49.3 Å². The summed E-state index contributed by atoms with van der Waals surface area (Å²) in [7, 11) is 0. The van der Waals surface area contributed by atoms with Crippen molar-refractivity contribution in [1.82, 2.24) is 44.0 Å². The minimum atomic E-state index is -0.428. The molecule has 14 nitrogen and oxygen atoms in total. The van der Waals surface area contributed by atoms with Gasteiger partial charge in [-0.05, 0) is 112 Å². The molecule has 14 heteroatoms. The van der Waals surface area contributed by atoms with Crippen molar-refractivity contribution in [2.45, 2.75) is 31.7 Å². The minimum Gasteiger partial charge on any atom is -0.457 e. The summed E-state index contributed by atoms with van der Waals surface area (Å²) in [5.41, 5.74) is 10.1. The summed E-state index contributed by atoms with van der Waals surface area (Å²) < 4.78 is 9.56. The maximum absolute atomic E-state index is 12.2. The lowest BCUT2D eigenvalue weighted by Gasteiger charge is -2.37. The Morgan fingerprint density at radius 2 is 1.43 bits per heavy atom. The van der Waals surface area contributed by atoms with Crippen LogP contribution in [0.4, 0.5) is 11.5 Å². The number of H-pyrrole nitrogens is 1. The molecule has 9 rings (SSSR count). The van der Waals surface area contributed by atoms with Crippen LogP contribution < -0.4 is 26.6 Å². The van der Waals surface area contributed by atoms with Crippen LogP contribution in [0.3, 0.4) is 0 Å². The number of anilines is 2. The van der Waals surface area contributed by atoms with Gasteiger partial charge in [0, 0.05) is 75.9 Å². The van der Waals surface area contributed by atoms with Gasteiger partial charge in [0.1, 0.15) is 29.3 Å². The summed E-state index contributed by atoms with van der Waals surface area (Å²) in [6.45, 7) is 12.0. The quantitative estimate of drug-likeness (QED) is 0.175. The van der Waals surface area contributed by atoms with Crippen molar-refractivity contribution in [1.29, 1.82) is 0 Å². The number of likely N-dealkylation sites (tertiary alicyclic amines) is 2. The number of ether oxygens (including phenoxy) is 1. The molecule has 0 bridgehead atoms. The average Bonchev–Trinajstić information content (AvgIpc) is 3.87. The molecule has 0 amide bonds. The van der Waals surface area contributed by atoms with Crippen LogP contribution in [-0.4, -0.2) is 116 Å². The normalized spacial score (nSPS) is 18.6. The lowest BCUT2D eigenvalue weighted by atomic mass is 10.0. The Bertz CT molecular complexity index is 2410. The summed E-state index contributed by atoms with van der Waals surface area (Å²) in [5, 5.41) is 5.93. The molecule has 3 N–H and O–H groups in total. The van der Waals surface area contributed by atoms with Crippen molar-refractivity contribution in [2.24, 2.45) is 5.92 Å². The Balaban J connectivity index is 0.713. The molecule has 6 aromatic rings. The van der Waals surface area contributed by atoms with Crippen molar-refractivity contribution in [3.8, 4) is 28.4 Å². The highest BCUT2D eigenvalue weighted by molar-refractivity contribution is 5.98. The van der Waals surface area contributed by atoms with Gasteiger partial charge in [-0.3, -0.25) is 19.2 Å². The molecule has 3 aromatic carbocycles. The molecule has 58 heavy (non-hydrogen) atoms. The number of piperazine rings is 1. The molecule has 1 unspecified atom stereocenters. The van der Waals surface area contributed by atoms with E-state index in [2.05, 4.69) is 51.4 Å². The highest BCUT2D eigenvalue weighted by Gasteiger charge is 2.28. The van der Waals surface area contributed by atoms with E-state index in [9.17, 15) is 9.59 Å².